The molecular formula is C19H21N3O4. The first kappa shape index (κ1) is 17.7. The van der Waals surface area contributed by atoms with Crippen molar-refractivity contribution in [1.82, 2.24) is 4.90 Å². The number of anilines is 1. The maximum atomic E-state index is 12.6. The Bertz CT molecular complexity index is 784. The number of benzene rings is 2. The number of hydrogen-bond acceptors (Lipinski definition) is 5. The van der Waals surface area contributed by atoms with Crippen molar-refractivity contribution in [3.05, 3.63) is 64.2 Å². The zero-order chi connectivity index (χ0) is 18.5. The lowest BCUT2D eigenvalue weighted by molar-refractivity contribution is -0.385. The number of carbonyl (C=O) groups is 1. The number of nitro benzene ring substituents is 1. The van der Waals surface area contributed by atoms with E-state index in [0.717, 1.165) is 24.3 Å². The van der Waals surface area contributed by atoms with Crippen molar-refractivity contribution in [3.63, 3.8) is 0 Å². The quantitative estimate of drug-likeness (QED) is 0.657. The molecule has 0 atom stereocenters. The molecule has 136 valence electrons. The summed E-state index contributed by atoms with van der Waals surface area (Å²) in [4.78, 5) is 25.0. The summed E-state index contributed by atoms with van der Waals surface area (Å²) in [7, 11) is 1.63. The number of nitrogens with one attached hydrogen (secondary N) is 1. The molecule has 1 heterocycles. The monoisotopic (exact) mass is 355 g/mol. The van der Waals surface area contributed by atoms with Gasteiger partial charge < -0.3 is 15.0 Å². The Morgan fingerprint density at radius 3 is 2.42 bits per heavy atom. The smallest absolute Gasteiger partial charge is 0.282 e. The molecule has 26 heavy (non-hydrogen) atoms. The molecule has 0 saturated carbocycles. The van der Waals surface area contributed by atoms with E-state index in [0.29, 0.717) is 13.1 Å². The van der Waals surface area contributed by atoms with Crippen LogP contribution in [0.5, 0.6) is 5.75 Å². The van der Waals surface area contributed by atoms with Crippen LogP contribution in [0.1, 0.15) is 23.2 Å². The first-order valence-electron chi connectivity index (χ1n) is 8.52. The third kappa shape index (κ3) is 3.93. The minimum absolute atomic E-state index is 0.143. The third-order valence-corrected chi connectivity index (χ3v) is 4.57. The highest BCUT2D eigenvalue weighted by Crippen LogP contribution is 2.23. The Labute approximate surface area is 151 Å². The molecule has 1 saturated heterocycles. The molecule has 1 N–H and O–H groups in total. The van der Waals surface area contributed by atoms with Crippen LogP contribution in [-0.4, -0.2) is 42.0 Å². The fourth-order valence-electron chi connectivity index (χ4n) is 3.13. The van der Waals surface area contributed by atoms with Crippen LogP contribution in [0.25, 0.3) is 0 Å². The summed E-state index contributed by atoms with van der Waals surface area (Å²) in [6, 6.07) is 14.1. The summed E-state index contributed by atoms with van der Waals surface area (Å²) < 4.78 is 5.15. The number of ether oxygens (including phenoxy) is 1. The second-order valence-electron chi connectivity index (χ2n) is 6.21. The Morgan fingerprint density at radius 2 is 1.81 bits per heavy atom. The Morgan fingerprint density at radius 1 is 1.15 bits per heavy atom. The molecule has 0 spiro atoms. The number of para-hydroxylation sites is 1. The van der Waals surface area contributed by atoms with Gasteiger partial charge in [-0.3, -0.25) is 14.9 Å². The zero-order valence-corrected chi connectivity index (χ0v) is 14.6. The van der Waals surface area contributed by atoms with Gasteiger partial charge in [-0.15, -0.1) is 0 Å². The van der Waals surface area contributed by atoms with Crippen molar-refractivity contribution < 1.29 is 14.5 Å². The molecule has 1 fully saturated rings. The Balaban J connectivity index is 1.59. The van der Waals surface area contributed by atoms with Crippen molar-refractivity contribution >= 4 is 17.3 Å². The molecule has 0 radical (unpaired) electrons. The van der Waals surface area contributed by atoms with Gasteiger partial charge in [-0.2, -0.15) is 0 Å². The highest BCUT2D eigenvalue weighted by atomic mass is 16.6. The SMILES string of the molecule is COc1ccc(NC2CCN(C(=O)c3ccccc3[N+](=O)[O-])CC2)cc1. The number of amides is 1. The zero-order valence-electron chi connectivity index (χ0n) is 14.6. The summed E-state index contributed by atoms with van der Waals surface area (Å²) in [5.41, 5.74) is 1.02. The highest BCUT2D eigenvalue weighted by molar-refractivity contribution is 5.98. The molecule has 0 unspecified atom stereocenters. The van der Waals surface area contributed by atoms with Crippen LogP contribution in [0.15, 0.2) is 48.5 Å². The van der Waals surface area contributed by atoms with Gasteiger partial charge in [-0.1, -0.05) is 12.1 Å². The number of rotatable bonds is 5. The summed E-state index contributed by atoms with van der Waals surface area (Å²) in [6.07, 6.45) is 1.58. The number of likely N-dealkylation sites (tertiary alicyclic amines) is 1. The van der Waals surface area contributed by atoms with Crippen LogP contribution >= 0.6 is 0 Å². The van der Waals surface area contributed by atoms with E-state index in [1.54, 1.807) is 24.1 Å². The van der Waals surface area contributed by atoms with Crippen LogP contribution < -0.4 is 10.1 Å². The Kier molecular flexibility index (Phi) is 5.36. The van der Waals surface area contributed by atoms with Crippen molar-refractivity contribution in [2.75, 3.05) is 25.5 Å². The number of nitro groups is 1. The molecule has 7 heteroatoms. The first-order chi connectivity index (χ1) is 12.6. The molecule has 1 amide bonds. The van der Waals surface area contributed by atoms with E-state index in [-0.39, 0.29) is 23.2 Å². The van der Waals surface area contributed by atoms with Crippen LogP contribution in [0.4, 0.5) is 11.4 Å². The number of nitrogens with zero attached hydrogens (tertiary/aromatic N) is 2. The van der Waals surface area contributed by atoms with Crippen LogP contribution in [0.3, 0.4) is 0 Å². The van der Waals surface area contributed by atoms with Gasteiger partial charge in [0, 0.05) is 30.9 Å². The number of hydrogen-bond donors (Lipinski definition) is 1. The minimum Gasteiger partial charge on any atom is -0.497 e. The van der Waals surface area contributed by atoms with Crippen molar-refractivity contribution in [2.45, 2.75) is 18.9 Å². The molecule has 0 aromatic heterocycles. The predicted molar refractivity (Wildman–Crippen MR) is 98.6 cm³/mol. The van der Waals surface area contributed by atoms with E-state index in [2.05, 4.69) is 5.32 Å². The highest BCUT2D eigenvalue weighted by Gasteiger charge is 2.27. The lowest BCUT2D eigenvalue weighted by Crippen LogP contribution is -2.42. The van der Waals surface area contributed by atoms with Crippen LogP contribution in [0, 0.1) is 10.1 Å². The maximum absolute atomic E-state index is 12.6. The number of piperidine rings is 1. The molecular weight excluding hydrogens is 334 g/mol. The largest absolute Gasteiger partial charge is 0.497 e. The second-order valence-corrected chi connectivity index (χ2v) is 6.21. The predicted octanol–water partition coefficient (Wildman–Crippen LogP) is 3.32. The second kappa shape index (κ2) is 7.86. The minimum atomic E-state index is -0.509. The lowest BCUT2D eigenvalue weighted by atomic mass is 10.0. The maximum Gasteiger partial charge on any atom is 0.282 e. The summed E-state index contributed by atoms with van der Waals surface area (Å²) in [5.74, 6) is 0.528. The number of carbonyl (C=O) groups excluding carboxylic acids is 1. The van der Waals surface area contributed by atoms with E-state index in [1.807, 2.05) is 24.3 Å². The average molecular weight is 355 g/mol. The van der Waals surface area contributed by atoms with E-state index in [1.165, 1.54) is 12.1 Å². The summed E-state index contributed by atoms with van der Waals surface area (Å²) >= 11 is 0. The lowest BCUT2D eigenvalue weighted by Gasteiger charge is -2.33. The molecule has 0 aliphatic carbocycles. The first-order valence-corrected chi connectivity index (χ1v) is 8.52. The van der Waals surface area contributed by atoms with Crippen LogP contribution in [-0.2, 0) is 0 Å². The standard InChI is InChI=1S/C19H21N3O4/c1-26-16-8-6-14(7-9-16)20-15-10-12-21(13-11-15)19(23)17-4-2-3-5-18(17)22(24)25/h2-9,15,20H,10-13H2,1H3. The summed E-state index contributed by atoms with van der Waals surface area (Å²) in [6.45, 7) is 1.14. The summed E-state index contributed by atoms with van der Waals surface area (Å²) in [5, 5.41) is 14.6. The molecule has 2 aromatic rings. The molecule has 3 rings (SSSR count). The molecule has 1 aliphatic heterocycles. The third-order valence-electron chi connectivity index (χ3n) is 4.57. The average Bonchev–Trinajstić information content (AvgIpc) is 2.68. The van der Waals surface area contributed by atoms with Gasteiger partial charge >= 0.3 is 0 Å². The van der Waals surface area contributed by atoms with Crippen LogP contribution in [0.2, 0.25) is 0 Å². The molecule has 2 aromatic carbocycles. The van der Waals surface area contributed by atoms with E-state index in [9.17, 15) is 14.9 Å². The van der Waals surface area contributed by atoms with E-state index in [4.69, 9.17) is 4.74 Å². The molecule has 1 aliphatic rings. The van der Waals surface area contributed by atoms with Gasteiger partial charge in [0.1, 0.15) is 11.3 Å². The van der Waals surface area contributed by atoms with E-state index >= 15 is 0 Å². The van der Waals surface area contributed by atoms with Gasteiger partial charge in [0.15, 0.2) is 0 Å². The Hall–Kier alpha value is -3.09. The normalized spacial score (nSPS) is 14.7. The fourth-order valence-corrected chi connectivity index (χ4v) is 3.13. The van der Waals surface area contributed by atoms with Crippen molar-refractivity contribution in [3.8, 4) is 5.75 Å². The molecule has 7 nitrogen and oxygen atoms in total. The topological polar surface area (TPSA) is 84.7 Å². The van der Waals surface area contributed by atoms with E-state index < -0.39 is 4.92 Å². The van der Waals surface area contributed by atoms with Crippen molar-refractivity contribution in [1.29, 1.82) is 0 Å². The van der Waals surface area contributed by atoms with Gasteiger partial charge in [0.25, 0.3) is 11.6 Å². The van der Waals surface area contributed by atoms with Crippen molar-refractivity contribution in [2.24, 2.45) is 0 Å². The van der Waals surface area contributed by atoms with Gasteiger partial charge in [0.2, 0.25) is 0 Å². The number of methoxy groups -OCH3 is 1. The van der Waals surface area contributed by atoms with Gasteiger partial charge in [-0.25, -0.2) is 0 Å². The van der Waals surface area contributed by atoms with Gasteiger partial charge in [-0.05, 0) is 43.2 Å². The van der Waals surface area contributed by atoms with Gasteiger partial charge in [0.05, 0.1) is 12.0 Å². The molecule has 0 bridgehead atoms. The fraction of sp³-hybridized carbons (Fsp3) is 0.316.